The molecule has 18 heavy (non-hydrogen) atoms. The third-order valence-electron chi connectivity index (χ3n) is 3.35. The van der Waals surface area contributed by atoms with Crippen LogP contribution in [-0.2, 0) is 4.74 Å². The van der Waals surface area contributed by atoms with Gasteiger partial charge in [-0.3, -0.25) is 0 Å². The summed E-state index contributed by atoms with van der Waals surface area (Å²) in [5.74, 6) is 0. The van der Waals surface area contributed by atoms with Crippen LogP contribution < -0.4 is 0 Å². The largest absolute Gasteiger partial charge is 0.394 e. The number of rotatable bonds is 2. The van der Waals surface area contributed by atoms with E-state index in [9.17, 15) is 0 Å². The van der Waals surface area contributed by atoms with Crippen LogP contribution >= 0.6 is 15.9 Å². The van der Waals surface area contributed by atoms with Gasteiger partial charge in [-0.05, 0) is 35.7 Å². The molecular weight excluding hydrogens is 298 g/mol. The number of aliphatic hydroxyl groups excluding tert-OH is 1. The van der Waals surface area contributed by atoms with Gasteiger partial charge in [0.25, 0.3) is 0 Å². The Labute approximate surface area is 113 Å². The Morgan fingerprint density at radius 1 is 1.50 bits per heavy atom. The first kappa shape index (κ1) is 12.1. The smallest absolute Gasteiger partial charge is 0.146 e. The van der Waals surface area contributed by atoms with Crippen molar-refractivity contribution < 1.29 is 9.84 Å². The van der Waals surface area contributed by atoms with Crippen LogP contribution in [0.3, 0.4) is 0 Å². The van der Waals surface area contributed by atoms with Gasteiger partial charge in [0, 0.05) is 10.7 Å². The molecule has 0 spiro atoms. The van der Waals surface area contributed by atoms with E-state index in [1.54, 1.807) is 6.33 Å². The van der Waals surface area contributed by atoms with Crippen LogP contribution in [0.4, 0.5) is 0 Å². The zero-order valence-electron chi connectivity index (χ0n) is 10.0. The molecule has 0 radical (unpaired) electrons. The second-order valence-corrected chi connectivity index (χ2v) is 5.37. The van der Waals surface area contributed by atoms with Gasteiger partial charge in [0.05, 0.1) is 23.8 Å². The molecule has 1 fully saturated rings. The second kappa shape index (κ2) is 4.60. The van der Waals surface area contributed by atoms with Gasteiger partial charge >= 0.3 is 0 Å². The normalized spacial score (nSPS) is 23.9. The highest BCUT2D eigenvalue weighted by Crippen LogP contribution is 2.34. The molecule has 0 amide bonds. The Balaban J connectivity index is 2.06. The molecule has 96 valence electrons. The number of hydrogen-bond acceptors (Lipinski definition) is 4. The average molecular weight is 312 g/mol. The third-order valence-corrected chi connectivity index (χ3v) is 3.95. The zero-order chi connectivity index (χ0) is 12.7. The fraction of sp³-hybridized carbons (Fsp3) is 0.500. The van der Waals surface area contributed by atoms with Crippen molar-refractivity contribution in [2.45, 2.75) is 32.1 Å². The monoisotopic (exact) mass is 311 g/mol. The lowest BCUT2D eigenvalue weighted by Crippen LogP contribution is -2.14. The molecule has 2 unspecified atom stereocenters. The summed E-state index contributed by atoms with van der Waals surface area (Å²) >= 11 is 3.54. The summed E-state index contributed by atoms with van der Waals surface area (Å²) < 4.78 is 8.79. The molecule has 1 saturated heterocycles. The number of hydrogen-bond donors (Lipinski definition) is 1. The van der Waals surface area contributed by atoms with Gasteiger partial charge in [0.2, 0.25) is 0 Å². The molecule has 2 aromatic heterocycles. The van der Waals surface area contributed by atoms with Gasteiger partial charge in [-0.15, -0.1) is 0 Å². The van der Waals surface area contributed by atoms with Crippen LogP contribution in [0.2, 0.25) is 0 Å². The van der Waals surface area contributed by atoms with E-state index < -0.39 is 0 Å². The van der Waals surface area contributed by atoms with Crippen LogP contribution in [0.15, 0.2) is 17.0 Å². The quantitative estimate of drug-likeness (QED) is 0.923. The Bertz CT molecular complexity index is 584. The lowest BCUT2D eigenvalue weighted by atomic mass is 10.2. The summed E-state index contributed by atoms with van der Waals surface area (Å²) in [7, 11) is 0. The van der Waals surface area contributed by atoms with E-state index in [0.29, 0.717) is 0 Å². The number of halogens is 1. The molecule has 1 N–H and O–H groups in total. The lowest BCUT2D eigenvalue weighted by molar-refractivity contribution is -0.0205. The number of nitrogens with zero attached hydrogens (tertiary/aromatic N) is 3. The topological polar surface area (TPSA) is 60.2 Å². The first-order valence-corrected chi connectivity index (χ1v) is 6.74. The first-order chi connectivity index (χ1) is 8.70. The minimum atomic E-state index is -0.0610. The first-order valence-electron chi connectivity index (χ1n) is 5.94. The molecule has 6 heteroatoms. The fourth-order valence-corrected chi connectivity index (χ4v) is 3.11. The zero-order valence-corrected chi connectivity index (χ0v) is 11.6. The van der Waals surface area contributed by atoms with Crippen molar-refractivity contribution in [3.05, 3.63) is 22.7 Å². The van der Waals surface area contributed by atoms with Gasteiger partial charge in [-0.25, -0.2) is 9.97 Å². The molecule has 3 rings (SSSR count). The summed E-state index contributed by atoms with van der Waals surface area (Å²) in [5, 5.41) is 10.1. The van der Waals surface area contributed by atoms with Gasteiger partial charge in [-0.1, -0.05) is 0 Å². The molecule has 0 aliphatic carbocycles. The van der Waals surface area contributed by atoms with Crippen molar-refractivity contribution in [1.29, 1.82) is 0 Å². The maximum absolute atomic E-state index is 9.12. The average Bonchev–Trinajstić information content (AvgIpc) is 2.94. The molecule has 3 heterocycles. The lowest BCUT2D eigenvalue weighted by Gasteiger charge is -2.14. The molecule has 2 atom stereocenters. The van der Waals surface area contributed by atoms with Gasteiger partial charge in [-0.2, -0.15) is 0 Å². The van der Waals surface area contributed by atoms with Crippen LogP contribution in [0, 0.1) is 6.92 Å². The van der Waals surface area contributed by atoms with Gasteiger partial charge in [0.15, 0.2) is 0 Å². The fourth-order valence-electron chi connectivity index (χ4n) is 2.43. The molecule has 2 aromatic rings. The summed E-state index contributed by atoms with van der Waals surface area (Å²) in [6.07, 6.45) is 5.21. The highest BCUT2D eigenvalue weighted by Gasteiger charge is 2.27. The van der Waals surface area contributed by atoms with Crippen LogP contribution in [0.1, 0.15) is 24.8 Å². The van der Waals surface area contributed by atoms with Crippen LogP contribution in [-0.4, -0.2) is 32.4 Å². The van der Waals surface area contributed by atoms with Crippen molar-refractivity contribution in [3.8, 4) is 0 Å². The molecule has 0 aromatic carbocycles. The molecule has 0 saturated carbocycles. The Morgan fingerprint density at radius 3 is 3.06 bits per heavy atom. The minimum Gasteiger partial charge on any atom is -0.394 e. The standard InChI is InChI=1S/C12H14BrN3O2/c1-7-11-9(13)4-16(12(11)15-6-14-7)10-3-2-8(5-17)18-10/h4,6,8,10,17H,2-3,5H2,1H3. The van der Waals surface area contributed by atoms with Crippen molar-refractivity contribution in [2.24, 2.45) is 0 Å². The van der Waals surface area contributed by atoms with Gasteiger partial charge in [0.1, 0.15) is 18.2 Å². The van der Waals surface area contributed by atoms with E-state index in [1.807, 2.05) is 17.7 Å². The van der Waals surface area contributed by atoms with Crippen LogP contribution in [0.5, 0.6) is 0 Å². The number of aryl methyl sites for hydroxylation is 1. The summed E-state index contributed by atoms with van der Waals surface area (Å²) in [5.41, 5.74) is 1.82. The maximum Gasteiger partial charge on any atom is 0.146 e. The summed E-state index contributed by atoms with van der Waals surface area (Å²) in [6.45, 7) is 2.04. The van der Waals surface area contributed by atoms with Crippen molar-refractivity contribution in [2.75, 3.05) is 6.61 Å². The number of ether oxygens (including phenoxy) is 1. The molecule has 5 nitrogen and oxygen atoms in total. The predicted octanol–water partition coefficient (Wildman–Crippen LogP) is 2.17. The number of fused-ring (bicyclic) bond motifs is 1. The number of aliphatic hydroxyl groups is 1. The Hall–Kier alpha value is -0.980. The summed E-state index contributed by atoms with van der Waals surface area (Å²) in [6, 6.07) is 0. The highest BCUT2D eigenvalue weighted by atomic mass is 79.9. The van der Waals surface area contributed by atoms with Crippen LogP contribution in [0.25, 0.3) is 11.0 Å². The molecular formula is C12H14BrN3O2. The van der Waals surface area contributed by atoms with Gasteiger partial charge < -0.3 is 14.4 Å². The second-order valence-electron chi connectivity index (χ2n) is 4.51. The maximum atomic E-state index is 9.12. The van der Waals surface area contributed by atoms with Crippen molar-refractivity contribution in [3.63, 3.8) is 0 Å². The minimum absolute atomic E-state index is 0.0507. The predicted molar refractivity (Wildman–Crippen MR) is 70.2 cm³/mol. The van der Waals surface area contributed by atoms with E-state index in [1.165, 1.54) is 0 Å². The van der Waals surface area contributed by atoms with E-state index in [-0.39, 0.29) is 18.9 Å². The van der Waals surface area contributed by atoms with E-state index in [0.717, 1.165) is 34.0 Å². The Morgan fingerprint density at radius 2 is 2.33 bits per heavy atom. The third kappa shape index (κ3) is 1.84. The summed E-state index contributed by atoms with van der Waals surface area (Å²) in [4.78, 5) is 8.54. The van der Waals surface area contributed by atoms with E-state index in [2.05, 4.69) is 25.9 Å². The molecule has 1 aliphatic rings. The van der Waals surface area contributed by atoms with Crippen molar-refractivity contribution in [1.82, 2.24) is 14.5 Å². The molecule has 0 bridgehead atoms. The Kier molecular flexibility index (Phi) is 3.09. The van der Waals surface area contributed by atoms with E-state index >= 15 is 0 Å². The highest BCUT2D eigenvalue weighted by molar-refractivity contribution is 9.10. The molecule has 1 aliphatic heterocycles. The van der Waals surface area contributed by atoms with E-state index in [4.69, 9.17) is 9.84 Å². The SMILES string of the molecule is Cc1ncnc2c1c(Br)cn2C1CCC(CO)O1. The van der Waals surface area contributed by atoms with Crippen molar-refractivity contribution >= 4 is 27.0 Å². The number of aromatic nitrogens is 3.